The van der Waals surface area contributed by atoms with Gasteiger partial charge in [-0.05, 0) is 118 Å². The predicted octanol–water partition coefficient (Wildman–Crippen LogP) is 14.9. The van der Waals surface area contributed by atoms with Crippen molar-refractivity contribution in [2.45, 2.75) is 5.41 Å². The number of nitrogens with zero attached hydrogens (tertiary/aromatic N) is 2. The van der Waals surface area contributed by atoms with E-state index in [0.29, 0.717) is 5.82 Å². The molecule has 2 nitrogen and oxygen atoms in total. The molecule has 0 aliphatic heterocycles. The van der Waals surface area contributed by atoms with Crippen LogP contribution in [0.2, 0.25) is 0 Å². The first-order chi connectivity index (χ1) is 30.2. The second-order valence-electron chi connectivity index (χ2n) is 16.5. The van der Waals surface area contributed by atoms with Gasteiger partial charge in [0, 0.05) is 16.7 Å². The standard InChI is InChI=1S/C59H36N2/c1-2-14-41(15-3-1)58-60-55(36-56(61-58)45-29-24-37-12-4-5-16-42(37)32-45)40-25-22-38(23-26-40)43-27-28-44-34-50-54(35-46(44)33-43)59(53-31-30-39-13-6-7-17-47(39)57(50)53)51-20-10-8-18-48(51)49-19-9-11-21-52(49)59/h1-36H. The summed E-state index contributed by atoms with van der Waals surface area (Å²) < 4.78 is 0. The average molecular weight is 773 g/mol. The Balaban J connectivity index is 0.944. The van der Waals surface area contributed by atoms with E-state index in [-0.39, 0.29) is 0 Å². The number of benzene rings is 10. The van der Waals surface area contributed by atoms with Crippen LogP contribution in [0.4, 0.5) is 0 Å². The van der Waals surface area contributed by atoms with Crippen LogP contribution in [0.3, 0.4) is 0 Å². The summed E-state index contributed by atoms with van der Waals surface area (Å²) in [6, 6.07) is 79.9. The summed E-state index contributed by atoms with van der Waals surface area (Å²) in [7, 11) is 0. The van der Waals surface area contributed by atoms with Crippen LogP contribution in [-0.2, 0) is 5.41 Å². The lowest BCUT2D eigenvalue weighted by molar-refractivity contribution is 0.795. The fourth-order valence-corrected chi connectivity index (χ4v) is 10.5. The van der Waals surface area contributed by atoms with Crippen LogP contribution >= 0.6 is 0 Å². The highest BCUT2D eigenvalue weighted by atomic mass is 14.9. The molecule has 1 aromatic heterocycles. The van der Waals surface area contributed by atoms with Crippen molar-refractivity contribution in [2.75, 3.05) is 0 Å². The van der Waals surface area contributed by atoms with Gasteiger partial charge in [-0.3, -0.25) is 0 Å². The molecule has 0 amide bonds. The molecule has 0 unspecified atom stereocenters. The van der Waals surface area contributed by atoms with Gasteiger partial charge in [-0.25, -0.2) is 9.97 Å². The number of aromatic nitrogens is 2. The van der Waals surface area contributed by atoms with Crippen molar-refractivity contribution in [1.82, 2.24) is 9.97 Å². The van der Waals surface area contributed by atoms with Gasteiger partial charge in [-0.2, -0.15) is 0 Å². The second-order valence-corrected chi connectivity index (χ2v) is 16.5. The highest BCUT2D eigenvalue weighted by Gasteiger charge is 2.52. The molecule has 2 aliphatic carbocycles. The van der Waals surface area contributed by atoms with E-state index in [1.807, 2.05) is 18.2 Å². The summed E-state index contributed by atoms with van der Waals surface area (Å²) in [5, 5.41) is 7.46. The molecule has 1 heterocycles. The minimum Gasteiger partial charge on any atom is -0.228 e. The molecule has 13 rings (SSSR count). The van der Waals surface area contributed by atoms with Gasteiger partial charge in [0.1, 0.15) is 0 Å². The van der Waals surface area contributed by atoms with Crippen LogP contribution in [0.15, 0.2) is 218 Å². The van der Waals surface area contributed by atoms with E-state index in [4.69, 9.17) is 9.97 Å². The summed E-state index contributed by atoms with van der Waals surface area (Å²) >= 11 is 0. The lowest BCUT2D eigenvalue weighted by atomic mass is 9.70. The van der Waals surface area contributed by atoms with Crippen molar-refractivity contribution in [3.05, 3.63) is 241 Å². The molecule has 0 saturated carbocycles. The molecule has 0 saturated heterocycles. The van der Waals surface area contributed by atoms with Crippen LogP contribution in [-0.4, -0.2) is 9.97 Å². The van der Waals surface area contributed by atoms with Crippen LogP contribution < -0.4 is 0 Å². The molecule has 0 N–H and O–H groups in total. The van der Waals surface area contributed by atoms with Gasteiger partial charge in [-0.1, -0.05) is 188 Å². The van der Waals surface area contributed by atoms with Gasteiger partial charge < -0.3 is 0 Å². The Morgan fingerprint density at radius 1 is 0.279 bits per heavy atom. The molecule has 1 spiro atoms. The quantitative estimate of drug-likeness (QED) is 0.178. The Morgan fingerprint density at radius 2 is 0.836 bits per heavy atom. The van der Waals surface area contributed by atoms with Gasteiger partial charge in [0.25, 0.3) is 0 Å². The Hall–Kier alpha value is -7.94. The predicted molar refractivity (Wildman–Crippen MR) is 253 cm³/mol. The van der Waals surface area contributed by atoms with Crippen molar-refractivity contribution < 1.29 is 0 Å². The molecule has 10 aromatic carbocycles. The molecular formula is C59H36N2. The van der Waals surface area contributed by atoms with Crippen molar-refractivity contribution in [3.63, 3.8) is 0 Å². The summed E-state index contributed by atoms with van der Waals surface area (Å²) in [4.78, 5) is 10.2. The molecular weight excluding hydrogens is 737 g/mol. The Kier molecular flexibility index (Phi) is 7.26. The lowest BCUT2D eigenvalue weighted by Gasteiger charge is -2.30. The van der Waals surface area contributed by atoms with E-state index < -0.39 is 5.41 Å². The molecule has 2 aliphatic rings. The molecule has 61 heavy (non-hydrogen) atoms. The van der Waals surface area contributed by atoms with E-state index in [9.17, 15) is 0 Å². The zero-order valence-corrected chi connectivity index (χ0v) is 33.2. The maximum absolute atomic E-state index is 5.13. The molecule has 11 aromatic rings. The van der Waals surface area contributed by atoms with Crippen LogP contribution in [0.1, 0.15) is 22.3 Å². The van der Waals surface area contributed by atoms with E-state index in [0.717, 1.165) is 28.1 Å². The second kappa shape index (κ2) is 13.0. The zero-order chi connectivity index (χ0) is 40.1. The summed E-state index contributed by atoms with van der Waals surface area (Å²) in [5.41, 5.74) is 17.6. The lowest BCUT2D eigenvalue weighted by Crippen LogP contribution is -2.25. The van der Waals surface area contributed by atoms with E-state index >= 15 is 0 Å². The van der Waals surface area contributed by atoms with Crippen molar-refractivity contribution in [2.24, 2.45) is 0 Å². The first-order valence-corrected chi connectivity index (χ1v) is 21.1. The van der Waals surface area contributed by atoms with E-state index in [2.05, 4.69) is 200 Å². The number of rotatable bonds is 4. The minimum atomic E-state index is -0.407. The maximum Gasteiger partial charge on any atom is 0.160 e. The molecule has 0 atom stereocenters. The van der Waals surface area contributed by atoms with Gasteiger partial charge in [0.15, 0.2) is 5.82 Å². The Labute approximate surface area is 354 Å². The fourth-order valence-electron chi connectivity index (χ4n) is 10.5. The van der Waals surface area contributed by atoms with Gasteiger partial charge in [0.05, 0.1) is 16.8 Å². The van der Waals surface area contributed by atoms with Crippen LogP contribution in [0.25, 0.3) is 99.6 Å². The summed E-state index contributed by atoms with van der Waals surface area (Å²) in [6.45, 7) is 0. The minimum absolute atomic E-state index is 0.407. The Bertz CT molecular complexity index is 3540. The number of hydrogen-bond acceptors (Lipinski definition) is 2. The molecule has 0 bridgehead atoms. The monoisotopic (exact) mass is 772 g/mol. The van der Waals surface area contributed by atoms with Gasteiger partial charge in [-0.15, -0.1) is 0 Å². The SMILES string of the molecule is c1ccc(-c2nc(-c3ccc(-c4ccc5cc6c(cc5c4)C4(c5ccccc5-c5ccccc54)c4ccc5ccccc5c4-6)cc3)cc(-c3ccc4ccccc4c3)n2)cc1. The summed E-state index contributed by atoms with van der Waals surface area (Å²) in [5.74, 6) is 0.716. The maximum atomic E-state index is 5.13. The molecule has 0 fully saturated rings. The molecule has 0 radical (unpaired) electrons. The van der Waals surface area contributed by atoms with E-state index in [1.54, 1.807) is 0 Å². The largest absolute Gasteiger partial charge is 0.228 e. The smallest absolute Gasteiger partial charge is 0.160 e. The summed E-state index contributed by atoms with van der Waals surface area (Å²) in [6.07, 6.45) is 0. The highest BCUT2D eigenvalue weighted by molar-refractivity contribution is 6.09. The van der Waals surface area contributed by atoms with Gasteiger partial charge >= 0.3 is 0 Å². The normalized spacial score (nSPS) is 13.0. The first kappa shape index (κ1) is 34.0. The van der Waals surface area contributed by atoms with E-state index in [1.165, 1.54) is 88.0 Å². The third kappa shape index (κ3) is 5.03. The van der Waals surface area contributed by atoms with Crippen molar-refractivity contribution in [3.8, 4) is 67.3 Å². The average Bonchev–Trinajstić information content (AvgIpc) is 3.80. The van der Waals surface area contributed by atoms with Crippen molar-refractivity contribution >= 4 is 32.3 Å². The fraction of sp³-hybridized carbons (Fsp3) is 0.0169. The third-order valence-corrected chi connectivity index (χ3v) is 13.3. The first-order valence-electron chi connectivity index (χ1n) is 21.1. The molecule has 282 valence electrons. The van der Waals surface area contributed by atoms with Crippen molar-refractivity contribution in [1.29, 1.82) is 0 Å². The Morgan fingerprint density at radius 3 is 1.62 bits per heavy atom. The zero-order valence-electron chi connectivity index (χ0n) is 33.2. The van der Waals surface area contributed by atoms with Crippen LogP contribution in [0.5, 0.6) is 0 Å². The number of fused-ring (bicyclic) bond motifs is 14. The highest BCUT2D eigenvalue weighted by Crippen LogP contribution is 2.64. The van der Waals surface area contributed by atoms with Crippen LogP contribution in [0, 0.1) is 0 Å². The molecule has 2 heteroatoms. The topological polar surface area (TPSA) is 25.8 Å². The number of hydrogen-bond donors (Lipinski definition) is 0. The third-order valence-electron chi connectivity index (χ3n) is 13.3. The van der Waals surface area contributed by atoms with Gasteiger partial charge in [0.2, 0.25) is 0 Å².